The maximum Gasteiger partial charge on any atom is 0.297 e. The molecule has 2 aromatic heterocycles. The molecule has 0 aliphatic heterocycles. The van der Waals surface area contributed by atoms with E-state index in [4.69, 9.17) is 33.5 Å². The third-order valence-electron chi connectivity index (χ3n) is 4.61. The molecule has 0 saturated heterocycles. The van der Waals surface area contributed by atoms with Crippen molar-refractivity contribution in [3.63, 3.8) is 0 Å². The fraction of sp³-hybridized carbons (Fsp3) is 0.412. The van der Waals surface area contributed by atoms with Gasteiger partial charge >= 0.3 is 0 Å². The summed E-state index contributed by atoms with van der Waals surface area (Å²) in [6, 6.07) is 5.30. The molecule has 144 valence electrons. The molecule has 3 aromatic rings. The second-order valence-corrected chi connectivity index (χ2v) is 7.68. The van der Waals surface area contributed by atoms with Gasteiger partial charge in [-0.3, -0.25) is 0 Å². The van der Waals surface area contributed by atoms with Crippen molar-refractivity contribution in [2.45, 2.75) is 44.6 Å². The Labute approximate surface area is 172 Å². The minimum atomic E-state index is -0.503. The SMILES string of the molecule is CC(C)c1nc(-c2nc(C3(N)CCC3)no2)nn1-c1c(Cl)cccc1Cl.Cl. The van der Waals surface area contributed by atoms with Crippen LogP contribution >= 0.6 is 35.6 Å². The molecule has 1 aliphatic carbocycles. The summed E-state index contributed by atoms with van der Waals surface area (Å²) in [5.41, 5.74) is 6.34. The van der Waals surface area contributed by atoms with Gasteiger partial charge in [-0.15, -0.1) is 17.5 Å². The van der Waals surface area contributed by atoms with E-state index in [0.717, 1.165) is 19.3 Å². The minimum absolute atomic E-state index is 0. The van der Waals surface area contributed by atoms with Crippen LogP contribution in [0.15, 0.2) is 22.7 Å². The zero-order valence-electron chi connectivity index (χ0n) is 14.8. The van der Waals surface area contributed by atoms with Crippen molar-refractivity contribution in [1.29, 1.82) is 0 Å². The van der Waals surface area contributed by atoms with E-state index in [2.05, 4.69) is 20.2 Å². The van der Waals surface area contributed by atoms with Gasteiger partial charge < -0.3 is 10.3 Å². The second kappa shape index (κ2) is 7.39. The van der Waals surface area contributed by atoms with Gasteiger partial charge in [0.25, 0.3) is 5.89 Å². The molecule has 0 amide bonds. The molecule has 0 bridgehead atoms. The minimum Gasteiger partial charge on any atom is -0.330 e. The van der Waals surface area contributed by atoms with Gasteiger partial charge in [0, 0.05) is 5.92 Å². The van der Waals surface area contributed by atoms with Crippen molar-refractivity contribution in [2.75, 3.05) is 0 Å². The van der Waals surface area contributed by atoms with Gasteiger partial charge in [-0.1, -0.05) is 48.3 Å². The Morgan fingerprint density at radius 3 is 2.41 bits per heavy atom. The molecule has 1 saturated carbocycles. The van der Waals surface area contributed by atoms with E-state index in [0.29, 0.717) is 33.2 Å². The maximum absolute atomic E-state index is 6.35. The van der Waals surface area contributed by atoms with Crippen LogP contribution in [0.25, 0.3) is 17.4 Å². The van der Waals surface area contributed by atoms with E-state index in [1.54, 1.807) is 22.9 Å². The highest BCUT2D eigenvalue weighted by Gasteiger charge is 2.39. The molecule has 1 aliphatic rings. The Morgan fingerprint density at radius 1 is 1.19 bits per heavy atom. The van der Waals surface area contributed by atoms with Crippen LogP contribution in [0.2, 0.25) is 10.0 Å². The van der Waals surface area contributed by atoms with Gasteiger partial charge in [-0.25, -0.2) is 9.67 Å². The largest absolute Gasteiger partial charge is 0.330 e. The van der Waals surface area contributed by atoms with Crippen LogP contribution < -0.4 is 5.73 Å². The van der Waals surface area contributed by atoms with Crippen LogP contribution in [0, 0.1) is 0 Å². The van der Waals surface area contributed by atoms with Gasteiger partial charge in [0.2, 0.25) is 5.82 Å². The highest BCUT2D eigenvalue weighted by atomic mass is 35.5. The van der Waals surface area contributed by atoms with Gasteiger partial charge in [0.05, 0.1) is 15.6 Å². The fourth-order valence-corrected chi connectivity index (χ4v) is 3.50. The van der Waals surface area contributed by atoms with Crippen molar-refractivity contribution in [2.24, 2.45) is 5.73 Å². The summed E-state index contributed by atoms with van der Waals surface area (Å²) in [5.74, 6) is 1.84. The van der Waals surface area contributed by atoms with Crippen molar-refractivity contribution in [1.82, 2.24) is 24.9 Å². The third kappa shape index (κ3) is 3.45. The standard InChI is InChI=1S/C17H18Cl2N6O.ClH/c1-9(2)14-21-13(15-22-16(24-26-15)17(20)7-4-8-17)23-25(14)12-10(18)5-3-6-11(12)19;/h3,5-6,9H,4,7-8,20H2,1-2H3;1H. The second-order valence-electron chi connectivity index (χ2n) is 6.86. The van der Waals surface area contributed by atoms with Crippen molar-refractivity contribution < 1.29 is 4.52 Å². The number of para-hydroxylation sites is 1. The quantitative estimate of drug-likeness (QED) is 0.655. The predicted molar refractivity (Wildman–Crippen MR) is 106 cm³/mol. The number of nitrogens with zero attached hydrogens (tertiary/aromatic N) is 5. The number of halogens is 3. The Morgan fingerprint density at radius 2 is 1.85 bits per heavy atom. The number of hydrogen-bond acceptors (Lipinski definition) is 6. The first-order chi connectivity index (χ1) is 12.4. The van der Waals surface area contributed by atoms with E-state index < -0.39 is 5.54 Å². The van der Waals surface area contributed by atoms with Crippen molar-refractivity contribution in [3.8, 4) is 17.4 Å². The van der Waals surface area contributed by atoms with E-state index in [1.807, 2.05) is 13.8 Å². The molecule has 0 radical (unpaired) electrons. The number of aromatic nitrogens is 5. The molecule has 10 heteroatoms. The first kappa shape index (κ1) is 20.1. The molecule has 2 N–H and O–H groups in total. The zero-order chi connectivity index (χ0) is 18.5. The van der Waals surface area contributed by atoms with Crippen molar-refractivity contribution in [3.05, 3.63) is 39.9 Å². The summed E-state index contributed by atoms with van der Waals surface area (Å²) in [5, 5.41) is 9.53. The predicted octanol–water partition coefficient (Wildman–Crippen LogP) is 4.51. The lowest BCUT2D eigenvalue weighted by molar-refractivity contribution is 0.229. The van der Waals surface area contributed by atoms with E-state index >= 15 is 0 Å². The maximum atomic E-state index is 6.35. The molecule has 1 fully saturated rings. The van der Waals surface area contributed by atoms with Crippen LogP contribution in [-0.2, 0) is 5.54 Å². The average Bonchev–Trinajstić information content (AvgIpc) is 3.19. The van der Waals surface area contributed by atoms with Gasteiger partial charge in [0.1, 0.15) is 11.5 Å². The van der Waals surface area contributed by atoms with E-state index in [1.165, 1.54) is 0 Å². The molecule has 4 rings (SSSR count). The fourth-order valence-electron chi connectivity index (χ4n) is 2.94. The van der Waals surface area contributed by atoms with Gasteiger partial charge in [-0.05, 0) is 31.4 Å². The van der Waals surface area contributed by atoms with Crippen LogP contribution in [0.5, 0.6) is 0 Å². The molecular formula is C17H19Cl3N6O. The summed E-state index contributed by atoms with van der Waals surface area (Å²) in [6.07, 6.45) is 2.76. The van der Waals surface area contributed by atoms with Gasteiger partial charge in [0.15, 0.2) is 5.82 Å². The normalized spacial score (nSPS) is 15.5. The summed E-state index contributed by atoms with van der Waals surface area (Å²) in [6.45, 7) is 4.02. The number of benzene rings is 1. The molecule has 0 unspecified atom stereocenters. The van der Waals surface area contributed by atoms with Gasteiger partial charge in [-0.2, -0.15) is 4.98 Å². The summed E-state index contributed by atoms with van der Waals surface area (Å²) in [4.78, 5) is 8.99. The smallest absolute Gasteiger partial charge is 0.297 e. The van der Waals surface area contributed by atoms with Crippen LogP contribution in [0.3, 0.4) is 0 Å². The number of hydrogen-bond donors (Lipinski definition) is 1. The Balaban J connectivity index is 0.00000210. The highest BCUT2D eigenvalue weighted by molar-refractivity contribution is 6.37. The molecule has 7 nitrogen and oxygen atoms in total. The molecule has 1 aromatic carbocycles. The molecule has 0 atom stereocenters. The lowest BCUT2D eigenvalue weighted by Crippen LogP contribution is -2.44. The summed E-state index contributed by atoms with van der Waals surface area (Å²) >= 11 is 12.7. The molecule has 2 heterocycles. The number of rotatable bonds is 4. The molecule has 27 heavy (non-hydrogen) atoms. The van der Waals surface area contributed by atoms with Crippen LogP contribution in [0.1, 0.15) is 50.7 Å². The Kier molecular flexibility index (Phi) is 5.49. The monoisotopic (exact) mass is 428 g/mol. The Hall–Kier alpha value is -1.67. The Bertz CT molecular complexity index is 943. The average molecular weight is 430 g/mol. The van der Waals surface area contributed by atoms with E-state index in [9.17, 15) is 0 Å². The number of nitrogens with two attached hydrogens (primary N) is 1. The molecular weight excluding hydrogens is 411 g/mol. The lowest BCUT2D eigenvalue weighted by atomic mass is 9.77. The summed E-state index contributed by atoms with van der Waals surface area (Å²) in [7, 11) is 0. The lowest BCUT2D eigenvalue weighted by Gasteiger charge is -2.34. The topological polar surface area (TPSA) is 95.7 Å². The zero-order valence-corrected chi connectivity index (χ0v) is 17.1. The van der Waals surface area contributed by atoms with Crippen LogP contribution in [-0.4, -0.2) is 24.9 Å². The van der Waals surface area contributed by atoms with E-state index in [-0.39, 0.29) is 24.2 Å². The summed E-state index contributed by atoms with van der Waals surface area (Å²) < 4.78 is 7.01. The molecule has 0 spiro atoms. The first-order valence-corrected chi connectivity index (χ1v) is 9.19. The first-order valence-electron chi connectivity index (χ1n) is 8.44. The third-order valence-corrected chi connectivity index (χ3v) is 5.22. The van der Waals surface area contributed by atoms with Crippen LogP contribution in [0.4, 0.5) is 0 Å². The van der Waals surface area contributed by atoms with Crippen molar-refractivity contribution >= 4 is 35.6 Å². The highest BCUT2D eigenvalue weighted by Crippen LogP contribution is 2.38.